The van der Waals surface area contributed by atoms with Crippen molar-refractivity contribution in [3.05, 3.63) is 54.1 Å². The van der Waals surface area contributed by atoms with Crippen LogP contribution in [0.5, 0.6) is 0 Å². The second-order valence-corrected chi connectivity index (χ2v) is 5.08. The number of nitrogens with one attached hydrogen (secondary N) is 1. The number of carboxylic acid groups (broad SMARTS) is 1. The van der Waals surface area contributed by atoms with Crippen LogP contribution in [0.2, 0.25) is 0 Å². The molecule has 0 saturated carbocycles. The molecule has 0 unspecified atom stereocenters. The van der Waals surface area contributed by atoms with Crippen LogP contribution in [0.15, 0.2) is 43.0 Å². The van der Waals surface area contributed by atoms with Crippen molar-refractivity contribution in [2.24, 2.45) is 0 Å². The zero-order valence-corrected chi connectivity index (χ0v) is 11.7. The van der Waals surface area contributed by atoms with E-state index in [1.54, 1.807) is 12.5 Å². The van der Waals surface area contributed by atoms with Gasteiger partial charge in [0, 0.05) is 18.0 Å². The first-order valence-electron chi connectivity index (χ1n) is 6.84. The van der Waals surface area contributed by atoms with E-state index in [0.29, 0.717) is 18.8 Å². The highest BCUT2D eigenvalue weighted by molar-refractivity contribution is 5.96. The number of nitrogens with zero attached hydrogens (tertiary/aromatic N) is 2. The van der Waals surface area contributed by atoms with Gasteiger partial charge >= 0.3 is 5.97 Å². The third-order valence-corrected chi connectivity index (χ3v) is 3.67. The molecule has 1 fully saturated rings. The molecule has 1 aromatic heterocycles. The van der Waals surface area contributed by atoms with E-state index in [4.69, 9.17) is 9.84 Å². The quantitative estimate of drug-likeness (QED) is 0.877. The van der Waals surface area contributed by atoms with E-state index in [-0.39, 0.29) is 23.6 Å². The van der Waals surface area contributed by atoms with Crippen molar-refractivity contribution in [3.63, 3.8) is 0 Å². The second-order valence-electron chi connectivity index (χ2n) is 5.08. The number of carbonyl (C=O) groups excluding carboxylic acids is 1. The van der Waals surface area contributed by atoms with Gasteiger partial charge in [-0.05, 0) is 24.3 Å². The molecule has 7 nitrogen and oxygen atoms in total. The summed E-state index contributed by atoms with van der Waals surface area (Å²) < 4.78 is 7.35. The molecular weight excluding hydrogens is 286 g/mol. The predicted molar refractivity (Wildman–Crippen MR) is 76.7 cm³/mol. The molecule has 2 atom stereocenters. The van der Waals surface area contributed by atoms with E-state index in [1.807, 2.05) is 10.8 Å². The molecule has 2 N–H and O–H groups in total. The summed E-state index contributed by atoms with van der Waals surface area (Å²) in [6.45, 7) is 0.945. The Hall–Kier alpha value is -2.67. The molecule has 2 aromatic rings. The van der Waals surface area contributed by atoms with Gasteiger partial charge in [-0.15, -0.1) is 0 Å². The molecule has 0 bridgehead atoms. The maximum absolute atomic E-state index is 12.3. The molecule has 0 aliphatic carbocycles. The van der Waals surface area contributed by atoms with E-state index in [0.717, 1.165) is 0 Å². The molecule has 1 saturated heterocycles. The van der Waals surface area contributed by atoms with E-state index in [1.165, 1.54) is 24.3 Å². The number of rotatable bonds is 4. The highest BCUT2D eigenvalue weighted by Gasteiger charge is 2.30. The van der Waals surface area contributed by atoms with Gasteiger partial charge in [0.1, 0.15) is 0 Å². The Labute approximate surface area is 126 Å². The van der Waals surface area contributed by atoms with Gasteiger partial charge in [-0.25, -0.2) is 9.78 Å². The smallest absolute Gasteiger partial charge is 0.335 e. The zero-order chi connectivity index (χ0) is 15.5. The molecule has 3 rings (SSSR count). The van der Waals surface area contributed by atoms with Gasteiger partial charge in [-0.3, -0.25) is 4.79 Å². The maximum atomic E-state index is 12.3. The van der Waals surface area contributed by atoms with Gasteiger partial charge in [0.2, 0.25) is 0 Å². The number of carboxylic acids is 1. The third-order valence-electron chi connectivity index (χ3n) is 3.67. The molecule has 0 spiro atoms. The van der Waals surface area contributed by atoms with Crippen molar-refractivity contribution in [1.82, 2.24) is 14.9 Å². The lowest BCUT2D eigenvalue weighted by Crippen LogP contribution is -2.40. The van der Waals surface area contributed by atoms with Gasteiger partial charge in [0.15, 0.2) is 0 Å². The van der Waals surface area contributed by atoms with Crippen LogP contribution >= 0.6 is 0 Å². The zero-order valence-electron chi connectivity index (χ0n) is 11.7. The van der Waals surface area contributed by atoms with Crippen LogP contribution in [0.3, 0.4) is 0 Å². The van der Waals surface area contributed by atoms with Crippen LogP contribution in [0.25, 0.3) is 0 Å². The normalized spacial score (nSPS) is 20.7. The van der Waals surface area contributed by atoms with E-state index in [2.05, 4.69) is 10.3 Å². The van der Waals surface area contributed by atoms with Gasteiger partial charge < -0.3 is 19.7 Å². The van der Waals surface area contributed by atoms with Crippen molar-refractivity contribution >= 4 is 11.9 Å². The first-order chi connectivity index (χ1) is 10.6. The Morgan fingerprint density at radius 2 is 1.95 bits per heavy atom. The first kappa shape index (κ1) is 14.3. The number of aromatic nitrogens is 2. The maximum Gasteiger partial charge on any atom is 0.335 e. The van der Waals surface area contributed by atoms with Crippen molar-refractivity contribution in [3.8, 4) is 0 Å². The van der Waals surface area contributed by atoms with Crippen molar-refractivity contribution in [1.29, 1.82) is 0 Å². The lowest BCUT2D eigenvalue weighted by Gasteiger charge is -2.20. The van der Waals surface area contributed by atoms with Gasteiger partial charge in [-0.1, -0.05) is 0 Å². The Morgan fingerprint density at radius 1 is 1.23 bits per heavy atom. The summed E-state index contributed by atoms with van der Waals surface area (Å²) in [6.07, 6.45) is 5.21. The molecule has 2 heterocycles. The fourth-order valence-electron chi connectivity index (χ4n) is 2.46. The number of hydrogen-bond acceptors (Lipinski definition) is 4. The number of carbonyl (C=O) groups is 2. The monoisotopic (exact) mass is 301 g/mol. The highest BCUT2D eigenvalue weighted by Crippen LogP contribution is 2.19. The topological polar surface area (TPSA) is 93.5 Å². The van der Waals surface area contributed by atoms with E-state index in [9.17, 15) is 9.59 Å². The van der Waals surface area contributed by atoms with Gasteiger partial charge in [0.05, 0.1) is 37.2 Å². The number of aromatic carboxylic acids is 1. The molecule has 22 heavy (non-hydrogen) atoms. The molecule has 1 amide bonds. The summed E-state index contributed by atoms with van der Waals surface area (Å²) in [5.41, 5.74) is 0.568. The molecule has 1 aromatic carbocycles. The standard InChI is InChI=1S/C15H15N3O4/c19-14(10-1-3-11(4-2-10)15(20)21)17-12-7-22-8-13(12)18-6-5-16-9-18/h1-6,9,12-13H,7-8H2,(H,17,19)(H,20,21)/t12-,13+/m1/s1. The van der Waals surface area contributed by atoms with Crippen molar-refractivity contribution in [2.75, 3.05) is 13.2 Å². The lowest BCUT2D eigenvalue weighted by molar-refractivity contribution is 0.0696. The van der Waals surface area contributed by atoms with Crippen LogP contribution < -0.4 is 5.32 Å². The number of amides is 1. The predicted octanol–water partition coefficient (Wildman–Crippen LogP) is 0.951. The molecule has 7 heteroatoms. The third kappa shape index (κ3) is 2.84. The summed E-state index contributed by atoms with van der Waals surface area (Å²) in [5, 5.41) is 11.8. The Bertz CT molecular complexity index is 667. The van der Waals surface area contributed by atoms with Gasteiger partial charge in [0.25, 0.3) is 5.91 Å². The number of hydrogen-bond donors (Lipinski definition) is 2. The fraction of sp³-hybridized carbons (Fsp3) is 0.267. The molecule has 1 aliphatic rings. The van der Waals surface area contributed by atoms with Crippen LogP contribution in [-0.2, 0) is 4.74 Å². The van der Waals surface area contributed by atoms with Crippen LogP contribution in [0, 0.1) is 0 Å². The van der Waals surface area contributed by atoms with Crippen LogP contribution in [0.1, 0.15) is 26.8 Å². The second kappa shape index (κ2) is 5.98. The Kier molecular flexibility index (Phi) is 3.88. The number of imidazole rings is 1. The van der Waals surface area contributed by atoms with E-state index >= 15 is 0 Å². The molecule has 114 valence electrons. The van der Waals surface area contributed by atoms with Crippen molar-refractivity contribution in [2.45, 2.75) is 12.1 Å². The first-order valence-corrected chi connectivity index (χ1v) is 6.84. The average Bonchev–Trinajstić information content (AvgIpc) is 3.18. The summed E-state index contributed by atoms with van der Waals surface area (Å²) in [7, 11) is 0. The number of ether oxygens (including phenoxy) is 1. The van der Waals surface area contributed by atoms with Crippen LogP contribution in [0.4, 0.5) is 0 Å². The molecular formula is C15H15N3O4. The minimum Gasteiger partial charge on any atom is -0.478 e. The lowest BCUT2D eigenvalue weighted by atomic mass is 10.1. The minimum atomic E-state index is -1.02. The summed E-state index contributed by atoms with van der Waals surface area (Å²) in [6, 6.07) is 5.68. The largest absolute Gasteiger partial charge is 0.478 e. The fourth-order valence-corrected chi connectivity index (χ4v) is 2.46. The minimum absolute atomic E-state index is 0.00439. The van der Waals surface area contributed by atoms with Crippen molar-refractivity contribution < 1.29 is 19.4 Å². The van der Waals surface area contributed by atoms with Gasteiger partial charge in [-0.2, -0.15) is 0 Å². The van der Waals surface area contributed by atoms with E-state index < -0.39 is 5.97 Å². The SMILES string of the molecule is O=C(O)c1ccc(C(=O)N[C@@H]2COC[C@@H]2n2ccnc2)cc1. The summed E-state index contributed by atoms with van der Waals surface area (Å²) in [4.78, 5) is 27.1. The number of benzene rings is 1. The molecule has 0 radical (unpaired) electrons. The van der Waals surface area contributed by atoms with Crippen LogP contribution in [-0.4, -0.2) is 45.8 Å². The summed E-state index contributed by atoms with van der Waals surface area (Å²) >= 11 is 0. The highest BCUT2D eigenvalue weighted by atomic mass is 16.5. The molecule has 1 aliphatic heterocycles. The Balaban J connectivity index is 1.69. The Morgan fingerprint density at radius 3 is 2.59 bits per heavy atom. The summed E-state index contributed by atoms with van der Waals surface area (Å²) in [5.74, 6) is -1.27. The average molecular weight is 301 g/mol.